The SMILES string of the molecule is CCCC(NC=O)C(O)CNS(=O)c1ccccn1. The molecule has 3 unspecified atom stereocenters. The molecular formula is C12H19N3O3S. The summed E-state index contributed by atoms with van der Waals surface area (Å²) in [6.07, 6.45) is 2.83. The topological polar surface area (TPSA) is 91.3 Å². The van der Waals surface area contributed by atoms with Gasteiger partial charge in [-0.05, 0) is 18.6 Å². The molecule has 0 radical (unpaired) electrons. The van der Waals surface area contributed by atoms with Gasteiger partial charge in [0.25, 0.3) is 0 Å². The predicted molar refractivity (Wildman–Crippen MR) is 72.6 cm³/mol. The number of amides is 1. The summed E-state index contributed by atoms with van der Waals surface area (Å²) in [5, 5.41) is 12.9. The minimum absolute atomic E-state index is 0.120. The van der Waals surface area contributed by atoms with E-state index < -0.39 is 17.1 Å². The van der Waals surface area contributed by atoms with Crippen molar-refractivity contribution in [3.63, 3.8) is 0 Å². The maximum atomic E-state index is 11.8. The van der Waals surface area contributed by atoms with Crippen molar-refractivity contribution in [3.8, 4) is 0 Å². The quantitative estimate of drug-likeness (QED) is 0.556. The van der Waals surface area contributed by atoms with Crippen molar-refractivity contribution in [2.45, 2.75) is 36.9 Å². The molecule has 1 aromatic heterocycles. The molecule has 0 aliphatic heterocycles. The van der Waals surface area contributed by atoms with E-state index >= 15 is 0 Å². The van der Waals surface area contributed by atoms with Gasteiger partial charge in [0.15, 0.2) is 0 Å². The van der Waals surface area contributed by atoms with Crippen LogP contribution in [0, 0.1) is 0 Å². The lowest BCUT2D eigenvalue weighted by atomic mass is 10.1. The van der Waals surface area contributed by atoms with Crippen LogP contribution in [0.15, 0.2) is 29.4 Å². The highest BCUT2D eigenvalue weighted by molar-refractivity contribution is 7.83. The van der Waals surface area contributed by atoms with Gasteiger partial charge in [-0.2, -0.15) is 0 Å². The third-order valence-electron chi connectivity index (χ3n) is 2.60. The zero-order valence-electron chi connectivity index (χ0n) is 10.8. The van der Waals surface area contributed by atoms with Gasteiger partial charge in [-0.1, -0.05) is 19.4 Å². The first-order valence-electron chi connectivity index (χ1n) is 6.13. The summed E-state index contributed by atoms with van der Waals surface area (Å²) in [6, 6.07) is 4.78. The number of rotatable bonds is 9. The average molecular weight is 285 g/mol. The number of aliphatic hydroxyl groups excluding tert-OH is 1. The van der Waals surface area contributed by atoms with E-state index in [1.54, 1.807) is 24.4 Å². The van der Waals surface area contributed by atoms with Gasteiger partial charge in [-0.15, -0.1) is 0 Å². The van der Waals surface area contributed by atoms with E-state index in [1.165, 1.54) is 0 Å². The molecule has 0 aliphatic carbocycles. The molecule has 0 saturated carbocycles. The maximum absolute atomic E-state index is 11.8. The van der Waals surface area contributed by atoms with Gasteiger partial charge < -0.3 is 10.4 Å². The van der Waals surface area contributed by atoms with Crippen molar-refractivity contribution >= 4 is 17.4 Å². The lowest BCUT2D eigenvalue weighted by Gasteiger charge is -2.21. The number of hydrogen-bond donors (Lipinski definition) is 3. The highest BCUT2D eigenvalue weighted by Crippen LogP contribution is 2.03. The van der Waals surface area contributed by atoms with E-state index in [1.807, 2.05) is 6.92 Å². The normalized spacial score (nSPS) is 15.5. The van der Waals surface area contributed by atoms with Crippen molar-refractivity contribution in [1.82, 2.24) is 15.0 Å². The average Bonchev–Trinajstić information content (AvgIpc) is 2.45. The number of carbonyl (C=O) groups is 1. The molecule has 0 spiro atoms. The van der Waals surface area contributed by atoms with Crippen LogP contribution < -0.4 is 10.0 Å². The van der Waals surface area contributed by atoms with Gasteiger partial charge in [-0.3, -0.25) is 4.79 Å². The Balaban J connectivity index is 2.46. The van der Waals surface area contributed by atoms with Crippen molar-refractivity contribution in [2.75, 3.05) is 6.54 Å². The van der Waals surface area contributed by atoms with Gasteiger partial charge in [-0.25, -0.2) is 13.9 Å². The first-order chi connectivity index (χ1) is 9.19. The maximum Gasteiger partial charge on any atom is 0.207 e. The molecule has 3 N–H and O–H groups in total. The molecule has 1 amide bonds. The van der Waals surface area contributed by atoms with E-state index in [2.05, 4.69) is 15.0 Å². The number of aliphatic hydroxyl groups is 1. The zero-order chi connectivity index (χ0) is 14.1. The number of carbonyl (C=O) groups excluding carboxylic acids is 1. The van der Waals surface area contributed by atoms with Crippen LogP contribution in [0.4, 0.5) is 0 Å². The fourth-order valence-corrected chi connectivity index (χ4v) is 2.45. The molecule has 1 heterocycles. The van der Waals surface area contributed by atoms with E-state index in [-0.39, 0.29) is 12.6 Å². The fourth-order valence-electron chi connectivity index (χ4n) is 1.62. The lowest BCUT2D eigenvalue weighted by molar-refractivity contribution is -0.111. The summed E-state index contributed by atoms with van der Waals surface area (Å²) in [6.45, 7) is 2.08. The predicted octanol–water partition coefficient (Wildman–Crippen LogP) is -0.0306. The molecule has 19 heavy (non-hydrogen) atoms. The third-order valence-corrected chi connectivity index (χ3v) is 3.65. The van der Waals surface area contributed by atoms with Gasteiger partial charge in [0.05, 0.1) is 12.1 Å². The van der Waals surface area contributed by atoms with Crippen molar-refractivity contribution < 1.29 is 14.1 Å². The Morgan fingerprint density at radius 3 is 2.89 bits per heavy atom. The Bertz CT molecular complexity index is 402. The van der Waals surface area contributed by atoms with Gasteiger partial charge in [0.2, 0.25) is 6.41 Å². The van der Waals surface area contributed by atoms with Crippen molar-refractivity contribution in [1.29, 1.82) is 0 Å². The second kappa shape index (κ2) is 8.73. The van der Waals surface area contributed by atoms with Crippen molar-refractivity contribution in [2.24, 2.45) is 0 Å². The fraction of sp³-hybridized carbons (Fsp3) is 0.500. The number of nitrogens with zero attached hydrogens (tertiary/aromatic N) is 1. The summed E-state index contributed by atoms with van der Waals surface area (Å²) in [4.78, 5) is 14.4. The highest BCUT2D eigenvalue weighted by atomic mass is 32.2. The minimum atomic E-state index is -1.47. The number of nitrogens with one attached hydrogen (secondary N) is 2. The standard InChI is InChI=1S/C12H19N3O3S/c1-2-5-10(14-9-16)11(17)8-15-19(18)12-6-3-4-7-13-12/h3-4,6-7,9-11,15,17H,2,5,8H2,1H3,(H,14,16). The number of aromatic nitrogens is 1. The second-order valence-corrected chi connectivity index (χ2v) is 5.28. The Morgan fingerprint density at radius 2 is 2.32 bits per heavy atom. The molecule has 0 fully saturated rings. The summed E-state index contributed by atoms with van der Waals surface area (Å²) in [5.74, 6) is 0. The van der Waals surface area contributed by atoms with Gasteiger partial charge in [0.1, 0.15) is 16.0 Å². The van der Waals surface area contributed by atoms with E-state index in [4.69, 9.17) is 0 Å². The van der Waals surface area contributed by atoms with Crippen LogP contribution >= 0.6 is 0 Å². The van der Waals surface area contributed by atoms with E-state index in [0.717, 1.165) is 6.42 Å². The molecule has 6 nitrogen and oxygen atoms in total. The summed E-state index contributed by atoms with van der Waals surface area (Å²) >= 11 is 0. The first-order valence-corrected chi connectivity index (χ1v) is 7.28. The molecule has 0 bridgehead atoms. The number of hydrogen-bond acceptors (Lipinski definition) is 4. The minimum Gasteiger partial charge on any atom is -0.390 e. The van der Waals surface area contributed by atoms with Crippen LogP contribution in [0.1, 0.15) is 19.8 Å². The zero-order valence-corrected chi connectivity index (χ0v) is 11.6. The lowest BCUT2D eigenvalue weighted by Crippen LogP contribution is -2.44. The molecule has 0 saturated heterocycles. The monoisotopic (exact) mass is 285 g/mol. The molecule has 7 heteroatoms. The summed E-state index contributed by atoms with van der Waals surface area (Å²) < 4.78 is 14.5. The van der Waals surface area contributed by atoms with Gasteiger partial charge >= 0.3 is 0 Å². The molecular weight excluding hydrogens is 266 g/mol. The number of pyridine rings is 1. The van der Waals surface area contributed by atoms with E-state index in [0.29, 0.717) is 17.9 Å². The molecule has 1 rings (SSSR count). The smallest absolute Gasteiger partial charge is 0.207 e. The molecule has 3 atom stereocenters. The molecule has 0 aliphatic rings. The van der Waals surface area contributed by atoms with E-state index in [9.17, 15) is 14.1 Å². The summed E-state index contributed by atoms with van der Waals surface area (Å²) in [7, 11) is -1.47. The van der Waals surface area contributed by atoms with Crippen LogP contribution in [0.5, 0.6) is 0 Å². The Labute approximate surface area is 115 Å². The Morgan fingerprint density at radius 1 is 1.53 bits per heavy atom. The Hall–Kier alpha value is -1.31. The van der Waals surface area contributed by atoms with Crippen LogP contribution in [-0.2, 0) is 15.8 Å². The van der Waals surface area contributed by atoms with Crippen LogP contribution in [0.3, 0.4) is 0 Å². The third kappa shape index (κ3) is 5.46. The molecule has 106 valence electrons. The van der Waals surface area contributed by atoms with Crippen molar-refractivity contribution in [3.05, 3.63) is 24.4 Å². The first kappa shape index (κ1) is 15.7. The largest absolute Gasteiger partial charge is 0.390 e. The Kier molecular flexibility index (Phi) is 7.24. The highest BCUT2D eigenvalue weighted by Gasteiger charge is 2.18. The van der Waals surface area contributed by atoms with Gasteiger partial charge in [0, 0.05) is 12.7 Å². The summed E-state index contributed by atoms with van der Waals surface area (Å²) in [5.41, 5.74) is 0. The van der Waals surface area contributed by atoms with Crippen LogP contribution in [-0.4, -0.2) is 39.4 Å². The van der Waals surface area contributed by atoms with Crippen LogP contribution in [0.25, 0.3) is 0 Å². The molecule has 1 aromatic rings. The van der Waals surface area contributed by atoms with Crippen LogP contribution in [0.2, 0.25) is 0 Å². The second-order valence-electron chi connectivity index (χ2n) is 4.03. The molecule has 0 aromatic carbocycles.